The molecule has 1 aliphatic carbocycles. The second-order valence-electron chi connectivity index (χ2n) is 2.75. The molecule has 0 nitrogen and oxygen atoms in total. The van der Waals surface area contributed by atoms with Gasteiger partial charge in [0.15, 0.2) is 0 Å². The maximum atomic E-state index is 11.6. The van der Waals surface area contributed by atoms with Gasteiger partial charge < -0.3 is 0 Å². The van der Waals surface area contributed by atoms with Crippen molar-refractivity contribution in [2.75, 3.05) is 5.75 Å². The van der Waals surface area contributed by atoms with Crippen molar-refractivity contribution in [3.8, 4) is 0 Å². The number of rotatable bonds is 3. The van der Waals surface area contributed by atoms with Gasteiger partial charge in [0.25, 0.3) is 0 Å². The molecule has 0 N–H and O–H groups in total. The Labute approximate surface area is 60.5 Å². The first-order valence-corrected chi connectivity index (χ1v) is 4.55. The quantitative estimate of drug-likeness (QED) is 0.592. The lowest BCUT2D eigenvalue weighted by atomic mass is 10.1. The Morgan fingerprint density at radius 1 is 1.33 bits per heavy atom. The molecule has 0 aromatic carbocycles. The van der Waals surface area contributed by atoms with Crippen LogP contribution in [-0.2, 0) is 0 Å². The first kappa shape index (κ1) is 7.39. The Kier molecular flexibility index (Phi) is 3.41. The fraction of sp³-hybridized carbons (Fsp3) is 1.00. The van der Waals surface area contributed by atoms with Crippen LogP contribution in [0.1, 0.15) is 32.1 Å². The van der Waals surface area contributed by atoms with Gasteiger partial charge in [-0.2, -0.15) is 3.89 Å². The fourth-order valence-electron chi connectivity index (χ4n) is 1.51. The molecule has 0 unspecified atom stereocenters. The van der Waals surface area contributed by atoms with E-state index in [1.165, 1.54) is 25.7 Å². The van der Waals surface area contributed by atoms with Crippen LogP contribution in [-0.4, -0.2) is 5.75 Å². The highest BCUT2D eigenvalue weighted by atomic mass is 32.2. The predicted octanol–water partition coefficient (Wildman–Crippen LogP) is 3.18. The van der Waals surface area contributed by atoms with Crippen LogP contribution in [0.15, 0.2) is 0 Å². The summed E-state index contributed by atoms with van der Waals surface area (Å²) in [7, 11) is 0. The Morgan fingerprint density at radius 3 is 2.56 bits per heavy atom. The van der Waals surface area contributed by atoms with Gasteiger partial charge in [-0.15, -0.1) is 0 Å². The summed E-state index contributed by atoms with van der Waals surface area (Å²) in [5.41, 5.74) is 0. The molecule has 9 heavy (non-hydrogen) atoms. The predicted molar refractivity (Wildman–Crippen MR) is 40.1 cm³/mol. The Morgan fingerprint density at radius 2 is 2.00 bits per heavy atom. The molecule has 0 aromatic rings. The molecular weight excluding hydrogens is 135 g/mol. The average molecular weight is 148 g/mol. The standard InChI is InChI=1S/C7H13FS/c8-9-6-5-7-3-1-2-4-7/h7H,1-6H2. The molecule has 0 atom stereocenters. The Balaban J connectivity index is 1.98. The first-order valence-electron chi connectivity index (χ1n) is 3.67. The molecule has 1 aliphatic rings. The molecule has 54 valence electrons. The molecule has 0 heterocycles. The van der Waals surface area contributed by atoms with Crippen LogP contribution in [0, 0.1) is 5.92 Å². The molecule has 0 saturated heterocycles. The van der Waals surface area contributed by atoms with E-state index in [2.05, 4.69) is 0 Å². The van der Waals surface area contributed by atoms with Crippen LogP contribution in [0.4, 0.5) is 3.89 Å². The Bertz CT molecular complexity index is 69.3. The van der Waals surface area contributed by atoms with E-state index in [1.54, 1.807) is 0 Å². The third-order valence-electron chi connectivity index (χ3n) is 2.08. The van der Waals surface area contributed by atoms with Gasteiger partial charge in [-0.05, 0) is 12.3 Å². The van der Waals surface area contributed by atoms with E-state index in [4.69, 9.17) is 0 Å². The van der Waals surface area contributed by atoms with E-state index in [0.29, 0.717) is 17.9 Å². The monoisotopic (exact) mass is 148 g/mol. The molecule has 1 saturated carbocycles. The molecule has 0 bridgehead atoms. The summed E-state index contributed by atoms with van der Waals surface area (Å²) >= 11 is 0.488. The van der Waals surface area contributed by atoms with Crippen molar-refractivity contribution in [2.24, 2.45) is 5.92 Å². The minimum absolute atomic E-state index is 0.488. The normalized spacial score (nSPS) is 21.0. The van der Waals surface area contributed by atoms with E-state index >= 15 is 0 Å². The molecule has 0 aromatic heterocycles. The van der Waals surface area contributed by atoms with E-state index in [0.717, 1.165) is 12.3 Å². The minimum atomic E-state index is 0.488. The lowest BCUT2D eigenvalue weighted by molar-refractivity contribution is 0.533. The number of hydrogen-bond acceptors (Lipinski definition) is 1. The van der Waals surface area contributed by atoms with Crippen LogP contribution in [0.3, 0.4) is 0 Å². The van der Waals surface area contributed by atoms with E-state index in [9.17, 15) is 3.89 Å². The molecule has 0 amide bonds. The van der Waals surface area contributed by atoms with Crippen LogP contribution in [0.25, 0.3) is 0 Å². The lowest BCUT2D eigenvalue weighted by Crippen LogP contribution is -1.93. The van der Waals surface area contributed by atoms with Gasteiger partial charge in [-0.1, -0.05) is 25.7 Å². The fourth-order valence-corrected chi connectivity index (χ4v) is 1.93. The van der Waals surface area contributed by atoms with E-state index in [1.807, 2.05) is 0 Å². The first-order chi connectivity index (χ1) is 4.43. The second-order valence-corrected chi connectivity index (χ2v) is 3.38. The molecule has 1 rings (SSSR count). The van der Waals surface area contributed by atoms with Crippen molar-refractivity contribution in [1.82, 2.24) is 0 Å². The van der Waals surface area contributed by atoms with E-state index in [-0.39, 0.29) is 0 Å². The highest BCUT2D eigenvalue weighted by molar-refractivity contribution is 7.94. The summed E-state index contributed by atoms with van der Waals surface area (Å²) in [6.45, 7) is 0. The zero-order chi connectivity index (χ0) is 6.53. The molecule has 2 heteroatoms. The van der Waals surface area contributed by atoms with Crippen LogP contribution < -0.4 is 0 Å². The van der Waals surface area contributed by atoms with Crippen molar-refractivity contribution < 1.29 is 3.89 Å². The Hall–Kier alpha value is 0.280. The van der Waals surface area contributed by atoms with Gasteiger partial charge >= 0.3 is 0 Å². The zero-order valence-corrected chi connectivity index (χ0v) is 6.42. The largest absolute Gasteiger partial charge is 0.165 e. The summed E-state index contributed by atoms with van der Waals surface area (Å²) in [5, 5.41) is 0. The highest BCUT2D eigenvalue weighted by Crippen LogP contribution is 2.28. The summed E-state index contributed by atoms with van der Waals surface area (Å²) in [4.78, 5) is 0. The summed E-state index contributed by atoms with van der Waals surface area (Å²) in [6, 6.07) is 0. The molecule has 1 fully saturated rings. The van der Waals surface area contributed by atoms with Gasteiger partial charge in [0.2, 0.25) is 0 Å². The van der Waals surface area contributed by atoms with Gasteiger partial charge in [0.05, 0.1) is 0 Å². The third kappa shape index (κ3) is 2.57. The average Bonchev–Trinajstić information content (AvgIpc) is 2.34. The summed E-state index contributed by atoms with van der Waals surface area (Å²) < 4.78 is 11.6. The van der Waals surface area contributed by atoms with Gasteiger partial charge in [0.1, 0.15) is 0 Å². The highest BCUT2D eigenvalue weighted by Gasteiger charge is 2.13. The maximum Gasteiger partial charge on any atom is 0.0443 e. The van der Waals surface area contributed by atoms with Crippen molar-refractivity contribution in [3.63, 3.8) is 0 Å². The number of hydrogen-bond donors (Lipinski definition) is 0. The number of halogens is 1. The van der Waals surface area contributed by atoms with Gasteiger partial charge in [-0.3, -0.25) is 0 Å². The molecule has 0 spiro atoms. The van der Waals surface area contributed by atoms with Crippen molar-refractivity contribution in [1.29, 1.82) is 0 Å². The zero-order valence-electron chi connectivity index (χ0n) is 5.61. The molecule has 0 aliphatic heterocycles. The van der Waals surface area contributed by atoms with E-state index < -0.39 is 0 Å². The van der Waals surface area contributed by atoms with Crippen LogP contribution in [0.5, 0.6) is 0 Å². The van der Waals surface area contributed by atoms with Crippen molar-refractivity contribution in [2.45, 2.75) is 32.1 Å². The summed E-state index contributed by atoms with van der Waals surface area (Å²) in [6.07, 6.45) is 6.55. The third-order valence-corrected chi connectivity index (χ3v) is 2.47. The smallest absolute Gasteiger partial charge is 0.0443 e. The molecule has 0 radical (unpaired) electrons. The molecular formula is C7H13FS. The lowest BCUT2D eigenvalue weighted by Gasteiger charge is -2.03. The minimum Gasteiger partial charge on any atom is -0.165 e. The van der Waals surface area contributed by atoms with Gasteiger partial charge in [0, 0.05) is 17.9 Å². The van der Waals surface area contributed by atoms with Gasteiger partial charge in [-0.25, -0.2) is 0 Å². The second kappa shape index (κ2) is 4.15. The topological polar surface area (TPSA) is 0 Å². The van der Waals surface area contributed by atoms with Crippen LogP contribution in [0.2, 0.25) is 0 Å². The van der Waals surface area contributed by atoms with Crippen molar-refractivity contribution >= 4 is 12.1 Å². The summed E-state index contributed by atoms with van der Waals surface area (Å²) in [5.74, 6) is 1.57. The maximum absolute atomic E-state index is 11.6. The van der Waals surface area contributed by atoms with Crippen molar-refractivity contribution in [3.05, 3.63) is 0 Å². The SMILES string of the molecule is FSCCC1CCCC1. The van der Waals surface area contributed by atoms with Crippen LogP contribution >= 0.6 is 12.1 Å².